The van der Waals surface area contributed by atoms with Crippen molar-refractivity contribution in [1.82, 2.24) is 9.38 Å². The van der Waals surface area contributed by atoms with E-state index in [-0.39, 0.29) is 5.69 Å². The van der Waals surface area contributed by atoms with Crippen LogP contribution in [-0.4, -0.2) is 25.6 Å². The Bertz CT molecular complexity index is 562. The number of halogens is 1. The van der Waals surface area contributed by atoms with E-state index in [0.717, 1.165) is 4.47 Å². The van der Waals surface area contributed by atoms with Gasteiger partial charge in [-0.25, -0.2) is 9.78 Å². The lowest BCUT2D eigenvalue weighted by Crippen LogP contribution is -1.97. The minimum absolute atomic E-state index is 0.0417. The third-order valence-electron chi connectivity index (χ3n) is 2.22. The van der Waals surface area contributed by atoms with Crippen molar-refractivity contribution < 1.29 is 15.0 Å². The van der Waals surface area contributed by atoms with Crippen LogP contribution in [0.4, 0.5) is 0 Å². The van der Waals surface area contributed by atoms with Crippen LogP contribution in [0.25, 0.3) is 5.65 Å². The number of aromatic carboxylic acids is 1. The molecule has 2 aromatic heterocycles. The molecule has 0 radical (unpaired) electrons. The molecule has 2 rings (SSSR count). The van der Waals surface area contributed by atoms with Crippen LogP contribution < -0.4 is 0 Å². The highest BCUT2D eigenvalue weighted by Gasteiger charge is 2.14. The predicted octanol–water partition coefficient (Wildman–Crippen LogP) is 1.85. The van der Waals surface area contributed by atoms with E-state index in [4.69, 9.17) is 5.11 Å². The second-order valence-electron chi connectivity index (χ2n) is 3.45. The number of imidazole rings is 1. The molecule has 0 amide bonds. The lowest BCUT2D eigenvalue weighted by molar-refractivity contribution is 0.0691. The minimum Gasteiger partial charge on any atom is -0.476 e. The van der Waals surface area contributed by atoms with E-state index in [0.29, 0.717) is 11.2 Å². The topological polar surface area (TPSA) is 74.8 Å². The van der Waals surface area contributed by atoms with Crippen molar-refractivity contribution in [3.05, 3.63) is 34.2 Å². The van der Waals surface area contributed by atoms with Gasteiger partial charge in [-0.15, -0.1) is 0 Å². The van der Waals surface area contributed by atoms with E-state index in [1.807, 2.05) is 0 Å². The molecule has 0 spiro atoms. The summed E-state index contributed by atoms with van der Waals surface area (Å²) in [5, 5.41) is 18.4. The minimum atomic E-state index is -1.09. The van der Waals surface area contributed by atoms with E-state index < -0.39 is 12.1 Å². The fraction of sp³-hybridized carbons (Fsp3) is 0.200. The molecular weight excluding hydrogens is 276 g/mol. The Labute approximate surface area is 99.5 Å². The molecule has 0 fully saturated rings. The number of carbonyl (C=O) groups is 1. The first-order valence-electron chi connectivity index (χ1n) is 4.58. The second-order valence-corrected chi connectivity index (χ2v) is 4.37. The van der Waals surface area contributed by atoms with Crippen molar-refractivity contribution >= 4 is 27.5 Å². The lowest BCUT2D eigenvalue weighted by atomic mass is 10.2. The summed E-state index contributed by atoms with van der Waals surface area (Å²) in [5.74, 6) is -1.09. The molecule has 2 aromatic rings. The molecule has 0 bridgehead atoms. The molecule has 5 nitrogen and oxygen atoms in total. The second kappa shape index (κ2) is 3.88. The summed E-state index contributed by atoms with van der Waals surface area (Å²) in [7, 11) is 0. The van der Waals surface area contributed by atoms with Gasteiger partial charge in [-0.1, -0.05) is 0 Å². The van der Waals surface area contributed by atoms with Gasteiger partial charge in [-0.05, 0) is 28.9 Å². The number of hydrogen-bond donors (Lipinski definition) is 2. The largest absolute Gasteiger partial charge is 0.476 e. The van der Waals surface area contributed by atoms with Crippen LogP contribution in [0, 0.1) is 0 Å². The third-order valence-corrected chi connectivity index (χ3v) is 2.65. The van der Waals surface area contributed by atoms with E-state index >= 15 is 0 Å². The molecule has 6 heteroatoms. The van der Waals surface area contributed by atoms with Gasteiger partial charge >= 0.3 is 5.97 Å². The van der Waals surface area contributed by atoms with Gasteiger partial charge in [-0.3, -0.25) is 0 Å². The summed E-state index contributed by atoms with van der Waals surface area (Å²) in [4.78, 5) is 14.7. The van der Waals surface area contributed by atoms with Gasteiger partial charge in [0, 0.05) is 22.4 Å². The smallest absolute Gasteiger partial charge is 0.356 e. The first-order chi connectivity index (χ1) is 7.49. The summed E-state index contributed by atoms with van der Waals surface area (Å²) in [6.07, 6.45) is 2.40. The number of carboxylic acid groups (broad SMARTS) is 1. The average molecular weight is 285 g/mol. The highest BCUT2D eigenvalue weighted by atomic mass is 79.9. The highest BCUT2D eigenvalue weighted by molar-refractivity contribution is 9.10. The fourth-order valence-electron chi connectivity index (χ4n) is 1.50. The normalized spacial score (nSPS) is 12.9. The van der Waals surface area contributed by atoms with Crippen molar-refractivity contribution in [2.45, 2.75) is 13.0 Å². The van der Waals surface area contributed by atoms with Crippen LogP contribution in [0.2, 0.25) is 0 Å². The molecule has 0 aliphatic carbocycles. The van der Waals surface area contributed by atoms with Crippen molar-refractivity contribution in [2.24, 2.45) is 0 Å². The van der Waals surface area contributed by atoms with E-state index in [1.165, 1.54) is 6.20 Å². The summed E-state index contributed by atoms with van der Waals surface area (Å²) >= 11 is 3.29. The number of fused-ring (bicyclic) bond motifs is 1. The molecule has 0 saturated carbocycles. The SMILES string of the molecule is C[C@H](O)c1cc(Br)cn2cc(C(=O)O)nc12. The Morgan fingerprint density at radius 3 is 2.81 bits per heavy atom. The van der Waals surface area contributed by atoms with Crippen LogP contribution >= 0.6 is 15.9 Å². The molecule has 0 aliphatic rings. The van der Waals surface area contributed by atoms with Crippen molar-refractivity contribution in [3.63, 3.8) is 0 Å². The maximum absolute atomic E-state index is 10.8. The number of aliphatic hydroxyl groups excluding tert-OH is 1. The van der Waals surface area contributed by atoms with E-state index in [2.05, 4.69) is 20.9 Å². The number of hydrogen-bond acceptors (Lipinski definition) is 3. The van der Waals surface area contributed by atoms with Crippen molar-refractivity contribution in [2.75, 3.05) is 0 Å². The summed E-state index contributed by atoms with van der Waals surface area (Å²) < 4.78 is 2.33. The Morgan fingerprint density at radius 2 is 2.25 bits per heavy atom. The molecule has 0 aliphatic heterocycles. The zero-order valence-corrected chi connectivity index (χ0v) is 9.97. The Hall–Kier alpha value is -1.40. The zero-order valence-electron chi connectivity index (χ0n) is 8.38. The fourth-order valence-corrected chi connectivity index (χ4v) is 1.97. The quantitative estimate of drug-likeness (QED) is 0.883. The molecule has 2 heterocycles. The van der Waals surface area contributed by atoms with Crippen LogP contribution in [0.1, 0.15) is 29.1 Å². The maximum atomic E-state index is 10.8. The van der Waals surface area contributed by atoms with Gasteiger partial charge in [0.2, 0.25) is 0 Å². The number of aromatic nitrogens is 2. The first-order valence-corrected chi connectivity index (χ1v) is 5.38. The van der Waals surface area contributed by atoms with Crippen LogP contribution in [0.3, 0.4) is 0 Å². The number of carboxylic acids is 1. The Morgan fingerprint density at radius 1 is 1.56 bits per heavy atom. The van der Waals surface area contributed by atoms with E-state index in [9.17, 15) is 9.90 Å². The molecule has 0 unspecified atom stereocenters. The van der Waals surface area contributed by atoms with Gasteiger partial charge in [0.25, 0.3) is 0 Å². The zero-order chi connectivity index (χ0) is 11.9. The van der Waals surface area contributed by atoms with Gasteiger partial charge in [-0.2, -0.15) is 0 Å². The molecular formula is C10H9BrN2O3. The van der Waals surface area contributed by atoms with Gasteiger partial charge in [0.15, 0.2) is 5.69 Å². The number of pyridine rings is 1. The van der Waals surface area contributed by atoms with Crippen molar-refractivity contribution in [1.29, 1.82) is 0 Å². The molecule has 2 N–H and O–H groups in total. The molecule has 84 valence electrons. The monoisotopic (exact) mass is 284 g/mol. The van der Waals surface area contributed by atoms with Gasteiger partial charge < -0.3 is 14.6 Å². The van der Waals surface area contributed by atoms with E-state index in [1.54, 1.807) is 23.6 Å². The summed E-state index contributed by atoms with van der Waals surface area (Å²) in [6.45, 7) is 1.61. The third kappa shape index (κ3) is 1.81. The molecule has 0 saturated heterocycles. The number of nitrogens with zero attached hydrogens (tertiary/aromatic N) is 2. The predicted molar refractivity (Wildman–Crippen MR) is 60.5 cm³/mol. The molecule has 16 heavy (non-hydrogen) atoms. The van der Waals surface area contributed by atoms with Crippen LogP contribution in [0.15, 0.2) is 22.9 Å². The average Bonchev–Trinajstić information content (AvgIpc) is 2.59. The summed E-state index contributed by atoms with van der Waals surface area (Å²) in [6, 6.07) is 1.72. The number of rotatable bonds is 2. The lowest BCUT2D eigenvalue weighted by Gasteiger charge is -2.06. The summed E-state index contributed by atoms with van der Waals surface area (Å²) in [5.41, 5.74) is 0.998. The Kier molecular flexibility index (Phi) is 2.69. The van der Waals surface area contributed by atoms with Gasteiger partial charge in [0.1, 0.15) is 5.65 Å². The van der Waals surface area contributed by atoms with Crippen LogP contribution in [-0.2, 0) is 0 Å². The Balaban J connectivity index is 2.75. The van der Waals surface area contributed by atoms with Crippen LogP contribution in [0.5, 0.6) is 0 Å². The highest BCUT2D eigenvalue weighted by Crippen LogP contribution is 2.23. The standard InChI is InChI=1S/C10H9BrN2O3/c1-5(14)7-2-6(11)3-13-4-8(10(15)16)12-9(7)13/h2-5,14H,1H3,(H,15,16)/t5-/m0/s1. The number of aliphatic hydroxyl groups is 1. The first kappa shape index (κ1) is 11.1. The van der Waals surface area contributed by atoms with Crippen molar-refractivity contribution in [3.8, 4) is 0 Å². The maximum Gasteiger partial charge on any atom is 0.356 e. The van der Waals surface area contributed by atoms with Gasteiger partial charge in [0.05, 0.1) is 6.10 Å². The molecule has 1 atom stereocenters. The molecule has 0 aromatic carbocycles.